The smallest absolute Gasteiger partial charge is 0.174 e. The molecule has 0 aliphatic carbocycles. The Kier molecular flexibility index (Phi) is 3.27. The van der Waals surface area contributed by atoms with Gasteiger partial charge < -0.3 is 14.0 Å². The highest BCUT2D eigenvalue weighted by Crippen LogP contribution is 2.19. The van der Waals surface area contributed by atoms with E-state index in [1.165, 1.54) is 16.6 Å². The Hall–Kier alpha value is -1.32. The molecule has 0 spiro atoms. The molecule has 2 rings (SSSR count). The Bertz CT molecular complexity index is 472. The van der Waals surface area contributed by atoms with Gasteiger partial charge >= 0.3 is 0 Å². The molecule has 0 unspecified atom stereocenters. The Morgan fingerprint density at radius 3 is 2.56 bits per heavy atom. The van der Waals surface area contributed by atoms with Crippen LogP contribution in [-0.2, 0) is 16.0 Å². The Balaban J connectivity index is 2.39. The summed E-state index contributed by atoms with van der Waals surface area (Å²) >= 11 is 0. The predicted octanol–water partition coefficient (Wildman–Crippen LogP) is 2.57. The number of hydrogen-bond acceptors (Lipinski definition) is 2. The summed E-state index contributed by atoms with van der Waals surface area (Å²) < 4.78 is 12.7. The average Bonchev–Trinajstić information content (AvgIpc) is 2.62. The first-order chi connectivity index (χ1) is 7.76. The Labute approximate surface area is 95.6 Å². The lowest BCUT2D eigenvalue weighted by Gasteiger charge is -2.16. The zero-order chi connectivity index (χ0) is 11.5. The number of benzene rings is 1. The van der Waals surface area contributed by atoms with Crippen LogP contribution in [0.3, 0.4) is 0 Å². The molecule has 1 aromatic heterocycles. The maximum absolute atomic E-state index is 5.23. The molecule has 0 aliphatic heterocycles. The number of para-hydroxylation sites is 1. The van der Waals surface area contributed by atoms with Crippen molar-refractivity contribution < 1.29 is 9.47 Å². The van der Waals surface area contributed by atoms with Gasteiger partial charge in [0.25, 0.3) is 0 Å². The number of fused-ring (bicyclic) bond motifs is 1. The van der Waals surface area contributed by atoms with Crippen molar-refractivity contribution >= 4 is 10.9 Å². The van der Waals surface area contributed by atoms with Crippen LogP contribution < -0.4 is 0 Å². The molecule has 1 aromatic carbocycles. The van der Waals surface area contributed by atoms with Crippen LogP contribution in [0.2, 0.25) is 0 Å². The van der Waals surface area contributed by atoms with Gasteiger partial charge in [-0.15, -0.1) is 0 Å². The normalized spacial score (nSPS) is 11.5. The lowest BCUT2D eigenvalue weighted by atomic mass is 10.2. The maximum atomic E-state index is 5.23. The minimum absolute atomic E-state index is 0.200. The van der Waals surface area contributed by atoms with Crippen LogP contribution in [0.4, 0.5) is 0 Å². The minimum Gasteiger partial charge on any atom is -0.354 e. The van der Waals surface area contributed by atoms with Crippen molar-refractivity contribution in [2.75, 3.05) is 14.2 Å². The van der Waals surface area contributed by atoms with Crippen molar-refractivity contribution in [3.05, 3.63) is 36.0 Å². The molecule has 0 N–H and O–H groups in total. The van der Waals surface area contributed by atoms with E-state index in [0.717, 1.165) is 0 Å². The van der Waals surface area contributed by atoms with E-state index in [1.54, 1.807) is 14.2 Å². The molecule has 0 aliphatic rings. The van der Waals surface area contributed by atoms with E-state index in [0.29, 0.717) is 6.54 Å². The van der Waals surface area contributed by atoms with E-state index in [9.17, 15) is 0 Å². The van der Waals surface area contributed by atoms with E-state index < -0.39 is 0 Å². The molecule has 16 heavy (non-hydrogen) atoms. The number of nitrogens with zero attached hydrogens (tertiary/aromatic N) is 1. The number of methoxy groups -OCH3 is 2. The second-order valence-electron chi connectivity index (χ2n) is 3.86. The molecule has 86 valence electrons. The van der Waals surface area contributed by atoms with Crippen molar-refractivity contribution in [2.24, 2.45) is 0 Å². The lowest BCUT2D eigenvalue weighted by Crippen LogP contribution is -2.20. The maximum Gasteiger partial charge on any atom is 0.174 e. The molecule has 0 amide bonds. The summed E-state index contributed by atoms with van der Waals surface area (Å²) in [6, 6.07) is 10.5. The van der Waals surface area contributed by atoms with Crippen molar-refractivity contribution in [3.63, 3.8) is 0 Å². The first-order valence-electron chi connectivity index (χ1n) is 5.36. The minimum atomic E-state index is -0.200. The second-order valence-corrected chi connectivity index (χ2v) is 3.86. The van der Waals surface area contributed by atoms with Crippen LogP contribution in [0.5, 0.6) is 0 Å². The van der Waals surface area contributed by atoms with Gasteiger partial charge in [0.2, 0.25) is 0 Å². The topological polar surface area (TPSA) is 23.4 Å². The molecule has 3 heteroatoms. The van der Waals surface area contributed by atoms with Gasteiger partial charge in [-0.1, -0.05) is 18.2 Å². The van der Waals surface area contributed by atoms with Crippen LogP contribution in [0.25, 0.3) is 10.9 Å². The fraction of sp³-hybridized carbons (Fsp3) is 0.385. The summed E-state index contributed by atoms with van der Waals surface area (Å²) in [5.74, 6) is 0. The number of aryl methyl sites for hydroxylation is 1. The zero-order valence-electron chi connectivity index (χ0n) is 9.93. The van der Waals surface area contributed by atoms with Gasteiger partial charge in [0.15, 0.2) is 6.29 Å². The van der Waals surface area contributed by atoms with E-state index in [1.807, 2.05) is 6.07 Å². The first-order valence-corrected chi connectivity index (χ1v) is 5.36. The fourth-order valence-corrected chi connectivity index (χ4v) is 1.99. The van der Waals surface area contributed by atoms with E-state index in [-0.39, 0.29) is 6.29 Å². The Morgan fingerprint density at radius 1 is 1.19 bits per heavy atom. The van der Waals surface area contributed by atoms with Gasteiger partial charge in [0.1, 0.15) is 0 Å². The molecule has 0 atom stereocenters. The van der Waals surface area contributed by atoms with Crippen molar-refractivity contribution in [3.8, 4) is 0 Å². The number of rotatable bonds is 4. The van der Waals surface area contributed by atoms with E-state index in [2.05, 4.69) is 35.8 Å². The zero-order valence-corrected chi connectivity index (χ0v) is 9.93. The van der Waals surface area contributed by atoms with Crippen molar-refractivity contribution in [1.29, 1.82) is 0 Å². The standard InChI is InChI=1S/C13H17NO2/c1-10-8-11-6-4-5-7-12(11)14(10)9-13(15-2)16-3/h4-8,13H,9H2,1-3H3. The van der Waals surface area contributed by atoms with Crippen molar-refractivity contribution in [1.82, 2.24) is 4.57 Å². The van der Waals surface area contributed by atoms with Crippen molar-refractivity contribution in [2.45, 2.75) is 19.8 Å². The van der Waals surface area contributed by atoms with Gasteiger partial charge in [-0.25, -0.2) is 0 Å². The Morgan fingerprint density at radius 2 is 1.88 bits per heavy atom. The highest BCUT2D eigenvalue weighted by molar-refractivity contribution is 5.81. The molecule has 0 fully saturated rings. The first kappa shape index (κ1) is 11.2. The third kappa shape index (κ3) is 1.96. The summed E-state index contributed by atoms with van der Waals surface area (Å²) in [4.78, 5) is 0. The summed E-state index contributed by atoms with van der Waals surface area (Å²) in [6.45, 7) is 2.81. The van der Waals surface area contributed by atoms with Gasteiger partial charge in [0.05, 0.1) is 6.54 Å². The number of hydrogen-bond donors (Lipinski definition) is 0. The van der Waals surface area contributed by atoms with Gasteiger partial charge in [-0.2, -0.15) is 0 Å². The molecule has 2 aromatic rings. The molecule has 0 saturated heterocycles. The highest BCUT2D eigenvalue weighted by Gasteiger charge is 2.10. The molecule has 0 saturated carbocycles. The third-order valence-electron chi connectivity index (χ3n) is 2.88. The largest absolute Gasteiger partial charge is 0.354 e. The fourth-order valence-electron chi connectivity index (χ4n) is 1.99. The SMILES string of the molecule is COC(Cn1c(C)cc2ccccc21)OC. The third-order valence-corrected chi connectivity index (χ3v) is 2.88. The predicted molar refractivity (Wildman–Crippen MR) is 64.5 cm³/mol. The average molecular weight is 219 g/mol. The lowest BCUT2D eigenvalue weighted by molar-refractivity contribution is -0.110. The molecule has 0 bridgehead atoms. The van der Waals surface area contributed by atoms with Gasteiger partial charge in [-0.05, 0) is 24.4 Å². The van der Waals surface area contributed by atoms with E-state index in [4.69, 9.17) is 9.47 Å². The molecule has 3 nitrogen and oxygen atoms in total. The number of aromatic nitrogens is 1. The quantitative estimate of drug-likeness (QED) is 0.738. The van der Waals surface area contributed by atoms with Crippen LogP contribution in [0.15, 0.2) is 30.3 Å². The van der Waals surface area contributed by atoms with Crippen LogP contribution in [-0.4, -0.2) is 25.1 Å². The van der Waals surface area contributed by atoms with Crippen LogP contribution in [0.1, 0.15) is 5.69 Å². The van der Waals surface area contributed by atoms with Gasteiger partial charge in [0, 0.05) is 25.4 Å². The van der Waals surface area contributed by atoms with Crippen LogP contribution >= 0.6 is 0 Å². The summed E-state index contributed by atoms with van der Waals surface area (Å²) in [7, 11) is 3.32. The molecule has 0 radical (unpaired) electrons. The summed E-state index contributed by atoms with van der Waals surface area (Å²) in [5.41, 5.74) is 2.44. The monoisotopic (exact) mass is 219 g/mol. The van der Waals surface area contributed by atoms with E-state index >= 15 is 0 Å². The molecule has 1 heterocycles. The second kappa shape index (κ2) is 4.68. The highest BCUT2D eigenvalue weighted by atomic mass is 16.7. The van der Waals surface area contributed by atoms with Crippen LogP contribution in [0, 0.1) is 6.92 Å². The molecular weight excluding hydrogens is 202 g/mol. The summed E-state index contributed by atoms with van der Waals surface area (Å²) in [6.07, 6.45) is -0.200. The van der Waals surface area contributed by atoms with Gasteiger partial charge in [-0.3, -0.25) is 0 Å². The number of ether oxygens (including phenoxy) is 2. The summed E-state index contributed by atoms with van der Waals surface area (Å²) in [5, 5.41) is 1.26. The molecular formula is C13H17NO2.